The highest BCUT2D eigenvalue weighted by Crippen LogP contribution is 2.37. The number of carbonyl (C=O) groups is 1. The highest BCUT2D eigenvalue weighted by molar-refractivity contribution is 6.31. The van der Waals surface area contributed by atoms with Crippen molar-refractivity contribution >= 4 is 34.1 Å². The monoisotopic (exact) mass is 480 g/mol. The lowest BCUT2D eigenvalue weighted by atomic mass is 9.89. The van der Waals surface area contributed by atoms with Gasteiger partial charge in [-0.15, -0.1) is 0 Å². The highest BCUT2D eigenvalue weighted by Gasteiger charge is 2.35. The maximum absolute atomic E-state index is 13.5. The van der Waals surface area contributed by atoms with Crippen LogP contribution in [0.5, 0.6) is 0 Å². The summed E-state index contributed by atoms with van der Waals surface area (Å²) in [4.78, 5) is 22.3. The predicted molar refractivity (Wildman–Crippen MR) is 120 cm³/mol. The molecule has 6 nitrogen and oxygen atoms in total. The van der Waals surface area contributed by atoms with E-state index in [2.05, 4.69) is 15.3 Å². The molecule has 4 rings (SSSR count). The molecule has 1 aliphatic carbocycles. The molecule has 1 aliphatic rings. The average Bonchev–Trinajstić information content (AvgIpc) is 3.10. The molecule has 0 saturated heterocycles. The highest BCUT2D eigenvalue weighted by atomic mass is 35.5. The molecule has 1 saturated carbocycles. The number of anilines is 1. The standard InChI is InChI=1S/C23H24ClF3N4O2/c1-12-21(28-13(2)33-12)22(32)29-15-5-7-16(8-6-15)31(3)19-11-20(23(25,26)27)30-18-9-4-14(24)10-17(18)19/h4,9-11,15-16H,5-8H2,1-3H3,(H,29,32)/t15-,16+. The maximum Gasteiger partial charge on any atom is 0.433 e. The molecule has 2 aromatic heterocycles. The van der Waals surface area contributed by atoms with Crippen LogP contribution in [-0.4, -0.2) is 35.0 Å². The molecular formula is C23H24ClF3N4O2. The second kappa shape index (κ2) is 8.85. The molecule has 0 bridgehead atoms. The number of aromatic nitrogens is 2. The van der Waals surface area contributed by atoms with Gasteiger partial charge in [-0.2, -0.15) is 13.2 Å². The van der Waals surface area contributed by atoms with Crippen LogP contribution in [0.25, 0.3) is 10.9 Å². The summed E-state index contributed by atoms with van der Waals surface area (Å²) in [5, 5.41) is 4.01. The maximum atomic E-state index is 13.5. The second-order valence-corrected chi connectivity index (χ2v) is 8.85. The zero-order valence-corrected chi connectivity index (χ0v) is 19.2. The minimum Gasteiger partial charge on any atom is -0.445 e. The van der Waals surface area contributed by atoms with Crippen LogP contribution >= 0.6 is 11.6 Å². The molecule has 10 heteroatoms. The number of halogens is 4. The van der Waals surface area contributed by atoms with Gasteiger partial charge in [0.25, 0.3) is 5.91 Å². The molecule has 1 amide bonds. The minimum atomic E-state index is -4.55. The predicted octanol–water partition coefficient (Wildman–Crippen LogP) is 5.69. The molecule has 0 atom stereocenters. The number of pyridine rings is 1. The molecule has 2 heterocycles. The molecule has 3 aromatic rings. The first-order valence-electron chi connectivity index (χ1n) is 10.7. The van der Waals surface area contributed by atoms with Crippen molar-refractivity contribution in [1.82, 2.24) is 15.3 Å². The Kier molecular flexibility index (Phi) is 6.26. The zero-order valence-electron chi connectivity index (χ0n) is 18.5. The fraction of sp³-hybridized carbons (Fsp3) is 0.435. The molecule has 0 spiro atoms. The van der Waals surface area contributed by atoms with Crippen molar-refractivity contribution in [2.45, 2.75) is 57.8 Å². The number of alkyl halides is 3. The SMILES string of the molecule is Cc1nc(C(=O)N[C@H]2CC[C@@H](N(C)c3cc(C(F)(F)F)nc4ccc(Cl)cc34)CC2)c(C)o1. The summed E-state index contributed by atoms with van der Waals surface area (Å²) in [6.07, 6.45) is -1.73. The van der Waals surface area contributed by atoms with Crippen molar-refractivity contribution in [3.63, 3.8) is 0 Å². The molecule has 0 aliphatic heterocycles. The molecule has 0 unspecified atom stereocenters. The van der Waals surface area contributed by atoms with Gasteiger partial charge in [0.1, 0.15) is 11.5 Å². The Hall–Kier alpha value is -2.81. The van der Waals surface area contributed by atoms with Crippen molar-refractivity contribution in [3.8, 4) is 0 Å². The van der Waals surface area contributed by atoms with Crippen molar-refractivity contribution < 1.29 is 22.4 Å². The van der Waals surface area contributed by atoms with Gasteiger partial charge in [0.05, 0.1) is 5.52 Å². The third kappa shape index (κ3) is 4.93. The topological polar surface area (TPSA) is 71.3 Å². The number of rotatable bonds is 4. The first-order valence-corrected chi connectivity index (χ1v) is 11.1. The van der Waals surface area contributed by atoms with Crippen molar-refractivity contribution in [2.24, 2.45) is 0 Å². The number of hydrogen-bond acceptors (Lipinski definition) is 5. The van der Waals surface area contributed by atoms with Gasteiger partial charge < -0.3 is 14.6 Å². The molecule has 1 aromatic carbocycles. The van der Waals surface area contributed by atoms with Crippen LogP contribution in [0.1, 0.15) is 53.5 Å². The quantitative estimate of drug-likeness (QED) is 0.519. The van der Waals surface area contributed by atoms with Gasteiger partial charge >= 0.3 is 6.18 Å². The lowest BCUT2D eigenvalue weighted by Gasteiger charge is -2.36. The Balaban J connectivity index is 1.50. The van der Waals surface area contributed by atoms with Gasteiger partial charge in [-0.25, -0.2) is 9.97 Å². The van der Waals surface area contributed by atoms with Crippen LogP contribution in [-0.2, 0) is 6.18 Å². The number of amides is 1. The molecule has 176 valence electrons. The molecular weight excluding hydrogens is 457 g/mol. The third-order valence-electron chi connectivity index (χ3n) is 6.12. The van der Waals surface area contributed by atoms with Crippen LogP contribution in [0.4, 0.5) is 18.9 Å². The van der Waals surface area contributed by atoms with E-state index in [0.29, 0.717) is 53.4 Å². The van der Waals surface area contributed by atoms with Gasteiger partial charge in [-0.05, 0) is 56.9 Å². The van der Waals surface area contributed by atoms with E-state index in [4.69, 9.17) is 16.0 Å². The van der Waals surface area contributed by atoms with Gasteiger partial charge in [0.2, 0.25) is 0 Å². The van der Waals surface area contributed by atoms with Gasteiger partial charge in [0.15, 0.2) is 11.6 Å². The van der Waals surface area contributed by atoms with Gasteiger partial charge in [-0.3, -0.25) is 4.79 Å². The van der Waals surface area contributed by atoms with Crippen molar-refractivity contribution in [1.29, 1.82) is 0 Å². The normalized spacial score (nSPS) is 19.0. The number of fused-ring (bicyclic) bond motifs is 1. The fourth-order valence-electron chi connectivity index (χ4n) is 4.41. The summed E-state index contributed by atoms with van der Waals surface area (Å²) in [7, 11) is 1.79. The number of hydrogen-bond donors (Lipinski definition) is 1. The van der Waals surface area contributed by atoms with E-state index in [1.165, 1.54) is 12.1 Å². The molecule has 33 heavy (non-hydrogen) atoms. The van der Waals surface area contributed by atoms with Gasteiger partial charge in [0, 0.05) is 42.2 Å². The number of carbonyl (C=O) groups excluding carboxylic acids is 1. The van der Waals surface area contributed by atoms with Crippen LogP contribution in [0, 0.1) is 13.8 Å². The Bertz CT molecular complexity index is 1190. The number of nitrogens with zero attached hydrogens (tertiary/aromatic N) is 3. The smallest absolute Gasteiger partial charge is 0.433 e. The van der Waals surface area contributed by atoms with E-state index >= 15 is 0 Å². The first kappa shape index (κ1) is 23.4. The van der Waals surface area contributed by atoms with Crippen LogP contribution < -0.4 is 10.2 Å². The minimum absolute atomic E-state index is 0.0137. The number of oxazole rings is 1. The van der Waals surface area contributed by atoms with E-state index in [0.717, 1.165) is 6.07 Å². The molecule has 1 fully saturated rings. The lowest BCUT2D eigenvalue weighted by Crippen LogP contribution is -2.43. The summed E-state index contributed by atoms with van der Waals surface area (Å²) in [6, 6.07) is 5.75. The third-order valence-corrected chi connectivity index (χ3v) is 6.35. The summed E-state index contributed by atoms with van der Waals surface area (Å²) >= 11 is 6.12. The van der Waals surface area contributed by atoms with Crippen molar-refractivity contribution in [2.75, 3.05) is 11.9 Å². The lowest BCUT2D eigenvalue weighted by molar-refractivity contribution is -0.140. The average molecular weight is 481 g/mol. The van der Waals surface area contributed by atoms with Gasteiger partial charge in [-0.1, -0.05) is 11.6 Å². The van der Waals surface area contributed by atoms with Crippen molar-refractivity contribution in [3.05, 3.63) is 52.3 Å². The van der Waals surface area contributed by atoms with E-state index in [-0.39, 0.29) is 29.2 Å². The van der Waals surface area contributed by atoms with Crippen LogP contribution in [0.2, 0.25) is 5.02 Å². The zero-order chi connectivity index (χ0) is 23.9. The van der Waals surface area contributed by atoms with E-state index < -0.39 is 11.9 Å². The first-order chi connectivity index (χ1) is 15.5. The van der Waals surface area contributed by atoms with Crippen LogP contribution in [0.15, 0.2) is 28.7 Å². The van der Waals surface area contributed by atoms with E-state index in [1.54, 1.807) is 27.0 Å². The summed E-state index contributed by atoms with van der Waals surface area (Å²) in [5.74, 6) is 0.638. The Morgan fingerprint density at radius 3 is 2.45 bits per heavy atom. The second-order valence-electron chi connectivity index (χ2n) is 8.41. The Labute approximate surface area is 194 Å². The number of nitrogens with one attached hydrogen (secondary N) is 1. The Morgan fingerprint density at radius 1 is 1.15 bits per heavy atom. The molecule has 1 N–H and O–H groups in total. The summed E-state index contributed by atoms with van der Waals surface area (Å²) in [6.45, 7) is 3.38. The number of aryl methyl sites for hydroxylation is 2. The van der Waals surface area contributed by atoms with E-state index in [9.17, 15) is 18.0 Å². The van der Waals surface area contributed by atoms with Crippen LogP contribution in [0.3, 0.4) is 0 Å². The fourth-order valence-corrected chi connectivity index (χ4v) is 4.59. The largest absolute Gasteiger partial charge is 0.445 e. The molecule has 0 radical (unpaired) electrons. The number of benzene rings is 1. The summed E-state index contributed by atoms with van der Waals surface area (Å²) < 4.78 is 45.7. The Morgan fingerprint density at radius 2 is 1.85 bits per heavy atom. The summed E-state index contributed by atoms with van der Waals surface area (Å²) in [5.41, 5.74) is 0.0382. The van der Waals surface area contributed by atoms with E-state index in [1.807, 2.05) is 4.90 Å².